The Morgan fingerprint density at radius 1 is 1.47 bits per heavy atom. The van der Waals surface area contributed by atoms with Crippen LogP contribution in [0.25, 0.3) is 0 Å². The summed E-state index contributed by atoms with van der Waals surface area (Å²) in [6, 6.07) is 4.98. The lowest BCUT2D eigenvalue weighted by Gasteiger charge is -2.18. The molecule has 19 heavy (non-hydrogen) atoms. The fraction of sp³-hybridized carbons (Fsp3) is 0.357. The second-order valence-corrected chi connectivity index (χ2v) is 4.72. The van der Waals surface area contributed by atoms with E-state index in [9.17, 15) is 9.59 Å². The topological polar surface area (TPSA) is 68.3 Å². The number of alkyl carbamates (subject to hydrolysis) is 1. The second-order valence-electron chi connectivity index (χ2n) is 4.72. The van der Waals surface area contributed by atoms with Crippen molar-refractivity contribution in [3.05, 3.63) is 29.6 Å². The zero-order valence-corrected chi connectivity index (χ0v) is 11.2. The molecule has 0 bridgehead atoms. The molecule has 0 aliphatic heterocycles. The number of hydrogen-bond donors (Lipinski definition) is 1. The Hall–Kier alpha value is -2.35. The van der Waals surface area contributed by atoms with Crippen LogP contribution in [0.5, 0.6) is 0 Å². The van der Waals surface area contributed by atoms with Gasteiger partial charge in [0, 0.05) is 0 Å². The first kappa shape index (κ1) is 14.7. The molecule has 0 saturated carbocycles. The molecular weight excluding hydrogens is 244 g/mol. The number of rotatable bonds is 2. The highest BCUT2D eigenvalue weighted by Crippen LogP contribution is 2.05. The number of ether oxygens (including phenoxy) is 1. The number of carbonyl (C=O) groups excluding carboxylic acids is 2. The van der Waals surface area contributed by atoms with Crippen molar-refractivity contribution in [3.63, 3.8) is 0 Å². The van der Waals surface area contributed by atoms with Crippen molar-refractivity contribution in [1.82, 2.24) is 10.3 Å². The highest BCUT2D eigenvalue weighted by molar-refractivity contribution is 5.71. The van der Waals surface area contributed by atoms with E-state index in [1.165, 1.54) is 0 Å². The van der Waals surface area contributed by atoms with Crippen molar-refractivity contribution in [2.45, 2.75) is 26.4 Å². The van der Waals surface area contributed by atoms with Gasteiger partial charge in [-0.15, -0.1) is 0 Å². The molecule has 1 aromatic heterocycles. The lowest BCUT2D eigenvalue weighted by Crippen LogP contribution is -2.32. The summed E-state index contributed by atoms with van der Waals surface area (Å²) in [4.78, 5) is 25.8. The van der Waals surface area contributed by atoms with E-state index in [2.05, 4.69) is 22.1 Å². The molecule has 0 aromatic carbocycles. The summed E-state index contributed by atoms with van der Waals surface area (Å²) >= 11 is 0. The van der Waals surface area contributed by atoms with Gasteiger partial charge >= 0.3 is 6.09 Å². The molecule has 1 heterocycles. The zero-order chi connectivity index (χ0) is 14.3. The van der Waals surface area contributed by atoms with Gasteiger partial charge in [0.15, 0.2) is 6.29 Å². The molecule has 1 N–H and O–H groups in total. The van der Waals surface area contributed by atoms with Gasteiger partial charge in [0.25, 0.3) is 0 Å². The number of pyridine rings is 1. The predicted molar refractivity (Wildman–Crippen MR) is 70.7 cm³/mol. The Morgan fingerprint density at radius 3 is 2.84 bits per heavy atom. The van der Waals surface area contributed by atoms with Gasteiger partial charge in [0.05, 0.1) is 6.54 Å². The van der Waals surface area contributed by atoms with Gasteiger partial charge in [0.1, 0.15) is 17.0 Å². The Bertz CT molecular complexity index is 521. The van der Waals surface area contributed by atoms with Crippen molar-refractivity contribution < 1.29 is 14.3 Å². The van der Waals surface area contributed by atoms with E-state index in [0.29, 0.717) is 17.7 Å². The fourth-order valence-electron chi connectivity index (χ4n) is 1.15. The molecule has 1 amide bonds. The van der Waals surface area contributed by atoms with Crippen LogP contribution in [0.1, 0.15) is 37.0 Å². The molecule has 0 unspecified atom stereocenters. The number of nitrogens with one attached hydrogen (secondary N) is 1. The molecule has 0 spiro atoms. The Kier molecular flexibility index (Phi) is 5.07. The molecule has 5 heteroatoms. The van der Waals surface area contributed by atoms with Crippen molar-refractivity contribution >= 4 is 12.4 Å². The Labute approximate surface area is 112 Å². The van der Waals surface area contributed by atoms with Crippen LogP contribution in [0.4, 0.5) is 4.79 Å². The summed E-state index contributed by atoms with van der Waals surface area (Å²) in [6.45, 7) is 5.51. The third-order valence-corrected chi connectivity index (χ3v) is 1.83. The maximum atomic E-state index is 11.3. The minimum absolute atomic E-state index is 0.155. The van der Waals surface area contributed by atoms with Crippen LogP contribution in [0.2, 0.25) is 0 Å². The normalized spacial score (nSPS) is 10.1. The maximum absolute atomic E-state index is 11.3. The second kappa shape index (κ2) is 6.55. The van der Waals surface area contributed by atoms with Crippen molar-refractivity contribution in [1.29, 1.82) is 0 Å². The number of carbonyl (C=O) groups is 2. The molecule has 1 rings (SSSR count). The average Bonchev–Trinajstić information content (AvgIpc) is 2.33. The number of aromatic nitrogens is 1. The first-order valence-electron chi connectivity index (χ1n) is 5.79. The van der Waals surface area contributed by atoms with Crippen molar-refractivity contribution in [2.24, 2.45) is 0 Å². The van der Waals surface area contributed by atoms with E-state index in [1.54, 1.807) is 39.0 Å². The first-order chi connectivity index (χ1) is 8.90. The summed E-state index contributed by atoms with van der Waals surface area (Å²) in [7, 11) is 0. The third kappa shape index (κ3) is 6.22. The maximum Gasteiger partial charge on any atom is 0.408 e. The number of hydrogen-bond acceptors (Lipinski definition) is 4. The SMILES string of the molecule is CC(C)(C)OC(=O)NCC#Cc1cccc(C=O)n1. The minimum Gasteiger partial charge on any atom is -0.444 e. The highest BCUT2D eigenvalue weighted by Gasteiger charge is 2.14. The monoisotopic (exact) mass is 260 g/mol. The summed E-state index contributed by atoms with van der Waals surface area (Å²) in [5.41, 5.74) is 0.277. The molecular formula is C14H16N2O3. The summed E-state index contributed by atoms with van der Waals surface area (Å²) < 4.78 is 5.05. The lowest BCUT2D eigenvalue weighted by atomic mass is 10.2. The van der Waals surface area contributed by atoms with E-state index in [-0.39, 0.29) is 6.54 Å². The number of aldehydes is 1. The standard InChI is InChI=1S/C14H16N2O3/c1-14(2,3)19-13(18)15-9-5-8-11-6-4-7-12(10-17)16-11/h4,6-7,10H,9H2,1-3H3,(H,15,18). The molecule has 5 nitrogen and oxygen atoms in total. The lowest BCUT2D eigenvalue weighted by molar-refractivity contribution is 0.0535. The average molecular weight is 260 g/mol. The van der Waals surface area contributed by atoms with Gasteiger partial charge in [-0.3, -0.25) is 4.79 Å². The van der Waals surface area contributed by atoms with E-state index >= 15 is 0 Å². The highest BCUT2D eigenvalue weighted by atomic mass is 16.6. The zero-order valence-electron chi connectivity index (χ0n) is 11.2. The number of nitrogens with zero attached hydrogens (tertiary/aromatic N) is 1. The smallest absolute Gasteiger partial charge is 0.408 e. The van der Waals surface area contributed by atoms with E-state index < -0.39 is 11.7 Å². The minimum atomic E-state index is -0.530. The van der Waals surface area contributed by atoms with Crippen LogP contribution in [0.3, 0.4) is 0 Å². The molecule has 100 valence electrons. The number of amides is 1. The third-order valence-electron chi connectivity index (χ3n) is 1.83. The summed E-state index contributed by atoms with van der Waals surface area (Å²) in [5.74, 6) is 5.48. The quantitative estimate of drug-likeness (QED) is 0.650. The van der Waals surface area contributed by atoms with E-state index in [0.717, 1.165) is 0 Å². The fourth-order valence-corrected chi connectivity index (χ4v) is 1.15. The molecule has 0 saturated heterocycles. The Balaban J connectivity index is 2.47. The van der Waals surface area contributed by atoms with Crippen LogP contribution in [0, 0.1) is 11.8 Å². The Morgan fingerprint density at radius 2 is 2.21 bits per heavy atom. The van der Waals surface area contributed by atoms with Crippen LogP contribution >= 0.6 is 0 Å². The molecule has 0 radical (unpaired) electrons. The van der Waals surface area contributed by atoms with Crippen LogP contribution < -0.4 is 5.32 Å². The van der Waals surface area contributed by atoms with Crippen LogP contribution in [-0.2, 0) is 4.74 Å². The van der Waals surface area contributed by atoms with E-state index in [1.807, 2.05) is 0 Å². The van der Waals surface area contributed by atoms with Gasteiger partial charge in [-0.2, -0.15) is 0 Å². The van der Waals surface area contributed by atoms with Crippen LogP contribution in [0.15, 0.2) is 18.2 Å². The molecule has 0 aliphatic rings. The van der Waals surface area contributed by atoms with Gasteiger partial charge in [0.2, 0.25) is 0 Å². The van der Waals surface area contributed by atoms with Gasteiger partial charge in [-0.25, -0.2) is 9.78 Å². The van der Waals surface area contributed by atoms with E-state index in [4.69, 9.17) is 4.74 Å². The van der Waals surface area contributed by atoms with Crippen molar-refractivity contribution in [2.75, 3.05) is 6.54 Å². The summed E-state index contributed by atoms with van der Waals surface area (Å²) in [5, 5.41) is 2.51. The summed E-state index contributed by atoms with van der Waals surface area (Å²) in [6.07, 6.45) is 0.140. The predicted octanol–water partition coefficient (Wildman–Crippen LogP) is 1.77. The molecule has 0 atom stereocenters. The van der Waals surface area contributed by atoms with Gasteiger partial charge < -0.3 is 10.1 Å². The first-order valence-corrected chi connectivity index (χ1v) is 5.79. The van der Waals surface area contributed by atoms with Gasteiger partial charge in [-0.1, -0.05) is 12.0 Å². The van der Waals surface area contributed by atoms with Crippen molar-refractivity contribution in [3.8, 4) is 11.8 Å². The molecule has 0 fully saturated rings. The largest absolute Gasteiger partial charge is 0.444 e. The molecule has 1 aromatic rings. The van der Waals surface area contributed by atoms with Crippen LogP contribution in [-0.4, -0.2) is 29.5 Å². The van der Waals surface area contributed by atoms with Gasteiger partial charge in [-0.05, 0) is 38.8 Å². The molecule has 0 aliphatic carbocycles.